The fourth-order valence-corrected chi connectivity index (χ4v) is 4.31. The van der Waals surface area contributed by atoms with Gasteiger partial charge in [-0.2, -0.15) is 4.98 Å². The molecule has 1 aliphatic heterocycles. The van der Waals surface area contributed by atoms with Crippen LogP contribution in [0.3, 0.4) is 0 Å². The van der Waals surface area contributed by atoms with Crippen LogP contribution in [0, 0.1) is 5.92 Å². The summed E-state index contributed by atoms with van der Waals surface area (Å²) >= 11 is 7.89. The number of rotatable bonds is 3. The Kier molecular flexibility index (Phi) is 4.65. The van der Waals surface area contributed by atoms with Gasteiger partial charge < -0.3 is 4.90 Å². The number of aromatic nitrogens is 2. The Morgan fingerprint density at radius 3 is 2.90 bits per heavy atom. The molecule has 1 atom stereocenters. The molecule has 1 fully saturated rings. The fraction of sp³-hybridized carbons (Fsp3) is 0.625. The van der Waals surface area contributed by atoms with Gasteiger partial charge in [-0.3, -0.25) is 0 Å². The summed E-state index contributed by atoms with van der Waals surface area (Å²) in [5.74, 6) is 1.90. The SMILES string of the molecule is CCc1cc2c(N3CCCC(CC)CC3)nc(Cl)nc2s1. The molecule has 2 aromatic rings. The summed E-state index contributed by atoms with van der Waals surface area (Å²) < 4.78 is 0. The molecule has 114 valence electrons. The summed E-state index contributed by atoms with van der Waals surface area (Å²) in [4.78, 5) is 13.7. The molecule has 1 unspecified atom stereocenters. The molecule has 3 nitrogen and oxygen atoms in total. The van der Waals surface area contributed by atoms with Gasteiger partial charge in [0.1, 0.15) is 10.6 Å². The fourth-order valence-electron chi connectivity index (χ4n) is 3.13. The van der Waals surface area contributed by atoms with Crippen molar-refractivity contribution in [2.45, 2.75) is 46.0 Å². The van der Waals surface area contributed by atoms with E-state index in [1.807, 2.05) is 0 Å². The number of halogens is 1. The summed E-state index contributed by atoms with van der Waals surface area (Å²) in [5, 5.41) is 1.55. The molecule has 0 aliphatic carbocycles. The topological polar surface area (TPSA) is 29.0 Å². The quantitative estimate of drug-likeness (QED) is 0.750. The maximum atomic E-state index is 6.15. The third-order valence-corrected chi connectivity index (χ3v) is 5.81. The largest absolute Gasteiger partial charge is 0.356 e. The van der Waals surface area contributed by atoms with Gasteiger partial charge >= 0.3 is 0 Å². The zero-order valence-electron chi connectivity index (χ0n) is 12.7. The Hall–Kier alpha value is -0.870. The van der Waals surface area contributed by atoms with Gasteiger partial charge in [0.2, 0.25) is 5.28 Å². The van der Waals surface area contributed by atoms with Crippen LogP contribution in [0.25, 0.3) is 10.2 Å². The minimum atomic E-state index is 0.373. The molecule has 1 aliphatic rings. The molecule has 21 heavy (non-hydrogen) atoms. The number of hydrogen-bond donors (Lipinski definition) is 0. The van der Waals surface area contributed by atoms with Crippen molar-refractivity contribution in [3.8, 4) is 0 Å². The van der Waals surface area contributed by atoms with E-state index in [1.165, 1.54) is 35.9 Å². The van der Waals surface area contributed by atoms with E-state index in [0.717, 1.165) is 36.1 Å². The van der Waals surface area contributed by atoms with Gasteiger partial charge in [0.25, 0.3) is 0 Å². The lowest BCUT2D eigenvalue weighted by molar-refractivity contribution is 0.459. The molecule has 0 N–H and O–H groups in total. The van der Waals surface area contributed by atoms with Gasteiger partial charge in [0.05, 0.1) is 5.39 Å². The van der Waals surface area contributed by atoms with Crippen LogP contribution in [0.15, 0.2) is 6.07 Å². The Morgan fingerprint density at radius 2 is 2.14 bits per heavy atom. The van der Waals surface area contributed by atoms with Gasteiger partial charge in [0, 0.05) is 18.0 Å². The number of fused-ring (bicyclic) bond motifs is 1. The van der Waals surface area contributed by atoms with Gasteiger partial charge in [-0.25, -0.2) is 4.98 Å². The van der Waals surface area contributed by atoms with Crippen LogP contribution in [0.5, 0.6) is 0 Å². The first kappa shape index (κ1) is 15.0. The van der Waals surface area contributed by atoms with Crippen molar-refractivity contribution in [2.24, 2.45) is 5.92 Å². The first-order valence-corrected chi connectivity index (χ1v) is 9.11. The Balaban J connectivity index is 1.96. The van der Waals surface area contributed by atoms with Crippen molar-refractivity contribution in [1.82, 2.24) is 9.97 Å². The van der Waals surface area contributed by atoms with Crippen LogP contribution in [0.2, 0.25) is 5.28 Å². The van der Waals surface area contributed by atoms with Crippen LogP contribution >= 0.6 is 22.9 Å². The zero-order chi connectivity index (χ0) is 14.8. The predicted molar refractivity (Wildman–Crippen MR) is 91.6 cm³/mol. The molecule has 0 radical (unpaired) electrons. The second-order valence-electron chi connectivity index (χ2n) is 5.79. The molecular weight excluding hydrogens is 302 g/mol. The van der Waals surface area contributed by atoms with Crippen molar-refractivity contribution < 1.29 is 0 Å². The second-order valence-corrected chi connectivity index (χ2v) is 7.25. The molecular formula is C16H22ClN3S. The summed E-state index contributed by atoms with van der Waals surface area (Å²) in [6, 6.07) is 2.24. The Labute approximate surface area is 135 Å². The standard InChI is InChI=1S/C16H22ClN3S/c1-3-11-6-5-8-20(9-7-11)14-13-10-12(4-2)21-15(13)19-16(17)18-14/h10-11H,3-9H2,1-2H3. The summed E-state index contributed by atoms with van der Waals surface area (Å²) in [6.07, 6.45) is 6.15. The van der Waals surface area contributed by atoms with E-state index < -0.39 is 0 Å². The highest BCUT2D eigenvalue weighted by molar-refractivity contribution is 7.18. The highest BCUT2D eigenvalue weighted by Crippen LogP contribution is 2.34. The Morgan fingerprint density at radius 1 is 1.29 bits per heavy atom. The molecule has 3 heterocycles. The Bertz CT molecular complexity index is 625. The van der Waals surface area contributed by atoms with E-state index in [9.17, 15) is 0 Å². The van der Waals surface area contributed by atoms with Crippen molar-refractivity contribution in [2.75, 3.05) is 18.0 Å². The van der Waals surface area contributed by atoms with Crippen molar-refractivity contribution in [3.05, 3.63) is 16.2 Å². The van der Waals surface area contributed by atoms with Crippen molar-refractivity contribution in [1.29, 1.82) is 0 Å². The molecule has 0 aromatic carbocycles. The molecule has 0 bridgehead atoms. The molecule has 0 saturated carbocycles. The predicted octanol–water partition coefficient (Wildman–Crippen LogP) is 4.92. The monoisotopic (exact) mass is 323 g/mol. The highest BCUT2D eigenvalue weighted by atomic mass is 35.5. The number of thiophene rings is 1. The van der Waals surface area contributed by atoms with Gasteiger partial charge in [-0.05, 0) is 49.3 Å². The average Bonchev–Trinajstić information content (AvgIpc) is 2.75. The smallest absolute Gasteiger partial charge is 0.225 e. The normalized spacial score (nSPS) is 20.0. The van der Waals surface area contributed by atoms with Crippen molar-refractivity contribution >= 4 is 39.0 Å². The number of nitrogens with zero attached hydrogens (tertiary/aromatic N) is 3. The van der Waals surface area contributed by atoms with E-state index in [4.69, 9.17) is 11.6 Å². The molecule has 0 amide bonds. The van der Waals surface area contributed by atoms with E-state index in [2.05, 4.69) is 34.8 Å². The van der Waals surface area contributed by atoms with Gasteiger partial charge in [-0.15, -0.1) is 11.3 Å². The van der Waals surface area contributed by atoms with Gasteiger partial charge in [0.15, 0.2) is 0 Å². The second kappa shape index (κ2) is 6.49. The molecule has 1 saturated heterocycles. The number of aryl methyl sites for hydroxylation is 1. The molecule has 0 spiro atoms. The molecule has 5 heteroatoms. The van der Waals surface area contributed by atoms with Crippen LogP contribution in [0.1, 0.15) is 44.4 Å². The summed E-state index contributed by atoms with van der Waals surface area (Å²) in [7, 11) is 0. The third-order valence-electron chi connectivity index (χ3n) is 4.47. The van der Waals surface area contributed by atoms with E-state index in [0.29, 0.717) is 5.28 Å². The third kappa shape index (κ3) is 3.16. The van der Waals surface area contributed by atoms with Crippen LogP contribution in [0.4, 0.5) is 5.82 Å². The first-order valence-electron chi connectivity index (χ1n) is 7.92. The molecule has 3 rings (SSSR count). The van der Waals surface area contributed by atoms with Crippen LogP contribution in [-0.4, -0.2) is 23.1 Å². The first-order chi connectivity index (χ1) is 10.2. The van der Waals surface area contributed by atoms with Crippen LogP contribution < -0.4 is 4.90 Å². The lowest BCUT2D eigenvalue weighted by atomic mass is 9.98. The zero-order valence-corrected chi connectivity index (χ0v) is 14.3. The number of anilines is 1. The lowest BCUT2D eigenvalue weighted by Gasteiger charge is -2.22. The van der Waals surface area contributed by atoms with Crippen molar-refractivity contribution in [3.63, 3.8) is 0 Å². The van der Waals surface area contributed by atoms with Gasteiger partial charge in [-0.1, -0.05) is 20.3 Å². The molecule has 2 aromatic heterocycles. The van der Waals surface area contributed by atoms with E-state index >= 15 is 0 Å². The van der Waals surface area contributed by atoms with E-state index in [-0.39, 0.29) is 0 Å². The highest BCUT2D eigenvalue weighted by Gasteiger charge is 2.20. The van der Waals surface area contributed by atoms with Crippen LogP contribution in [-0.2, 0) is 6.42 Å². The minimum Gasteiger partial charge on any atom is -0.356 e. The maximum absolute atomic E-state index is 6.15. The minimum absolute atomic E-state index is 0.373. The average molecular weight is 324 g/mol. The lowest BCUT2D eigenvalue weighted by Crippen LogP contribution is -2.25. The maximum Gasteiger partial charge on any atom is 0.225 e. The summed E-state index contributed by atoms with van der Waals surface area (Å²) in [6.45, 7) is 6.64. The van der Waals surface area contributed by atoms with E-state index in [1.54, 1.807) is 11.3 Å². The summed E-state index contributed by atoms with van der Waals surface area (Å²) in [5.41, 5.74) is 0. The number of hydrogen-bond acceptors (Lipinski definition) is 4.